The first kappa shape index (κ1) is 12.8. The summed E-state index contributed by atoms with van der Waals surface area (Å²) in [5.41, 5.74) is -0.373. The van der Waals surface area contributed by atoms with E-state index in [-0.39, 0.29) is 5.56 Å². The van der Waals surface area contributed by atoms with Gasteiger partial charge in [0, 0.05) is 0 Å². The second-order valence-corrected chi connectivity index (χ2v) is 3.38. The highest BCUT2D eigenvalue weighted by molar-refractivity contribution is 5.54. The summed E-state index contributed by atoms with van der Waals surface area (Å²) in [5, 5.41) is 2.93. The third-order valence-corrected chi connectivity index (χ3v) is 2.12. The van der Waals surface area contributed by atoms with Gasteiger partial charge < -0.3 is 5.32 Å². The normalized spacial score (nSPS) is 12.2. The van der Waals surface area contributed by atoms with Crippen LogP contribution in [0.3, 0.4) is 0 Å². The second-order valence-electron chi connectivity index (χ2n) is 3.38. The zero-order chi connectivity index (χ0) is 12.0. The number of hydrogen-bond acceptors (Lipinski definition) is 1. The first-order chi connectivity index (χ1) is 7.55. The molecule has 88 valence electrons. The highest BCUT2D eigenvalue weighted by Crippen LogP contribution is 2.32. The minimum Gasteiger partial charge on any atom is -0.319 e. The van der Waals surface area contributed by atoms with E-state index < -0.39 is 11.7 Å². The summed E-state index contributed by atoms with van der Waals surface area (Å²) in [7, 11) is 1.80. The summed E-state index contributed by atoms with van der Waals surface area (Å²) in [5.74, 6) is 0. The van der Waals surface area contributed by atoms with Crippen molar-refractivity contribution >= 4 is 6.08 Å². The lowest BCUT2D eigenvalue weighted by atomic mass is 10.1. The van der Waals surface area contributed by atoms with E-state index in [1.807, 2.05) is 0 Å². The second kappa shape index (κ2) is 5.70. The van der Waals surface area contributed by atoms with Crippen LogP contribution in [0.2, 0.25) is 0 Å². The molecule has 0 unspecified atom stereocenters. The van der Waals surface area contributed by atoms with Crippen molar-refractivity contribution in [3.05, 3.63) is 41.5 Å². The van der Waals surface area contributed by atoms with Gasteiger partial charge in [-0.1, -0.05) is 30.4 Å². The maximum atomic E-state index is 12.6. The zero-order valence-corrected chi connectivity index (χ0v) is 9.01. The molecule has 0 amide bonds. The third kappa shape index (κ3) is 3.70. The molecule has 0 saturated carbocycles. The molecule has 0 atom stereocenters. The number of nitrogens with one attached hydrogen (secondary N) is 1. The Morgan fingerprint density at radius 2 is 1.94 bits per heavy atom. The summed E-state index contributed by atoms with van der Waals surface area (Å²) < 4.78 is 37.7. The largest absolute Gasteiger partial charge is 0.416 e. The van der Waals surface area contributed by atoms with Gasteiger partial charge in [0.25, 0.3) is 0 Å². The molecule has 0 saturated heterocycles. The van der Waals surface area contributed by atoms with Crippen molar-refractivity contribution in [1.82, 2.24) is 5.32 Å². The molecule has 1 nitrogen and oxygen atoms in total. The molecule has 0 bridgehead atoms. The monoisotopic (exact) mass is 229 g/mol. The van der Waals surface area contributed by atoms with E-state index in [2.05, 4.69) is 5.32 Å². The predicted molar refractivity (Wildman–Crippen MR) is 59.0 cm³/mol. The lowest BCUT2D eigenvalue weighted by molar-refractivity contribution is -0.137. The first-order valence-corrected chi connectivity index (χ1v) is 5.03. The first-order valence-electron chi connectivity index (χ1n) is 5.03. The Labute approximate surface area is 93.0 Å². The van der Waals surface area contributed by atoms with Gasteiger partial charge in [-0.3, -0.25) is 0 Å². The van der Waals surface area contributed by atoms with Gasteiger partial charge in [0.15, 0.2) is 0 Å². The van der Waals surface area contributed by atoms with Crippen LogP contribution >= 0.6 is 0 Å². The Balaban J connectivity index is 2.83. The minimum absolute atomic E-state index is 0.214. The van der Waals surface area contributed by atoms with Crippen molar-refractivity contribution in [3.8, 4) is 0 Å². The van der Waals surface area contributed by atoms with Crippen molar-refractivity contribution in [2.24, 2.45) is 0 Å². The van der Waals surface area contributed by atoms with Crippen LogP contribution in [0.4, 0.5) is 13.2 Å². The van der Waals surface area contributed by atoms with Gasteiger partial charge in [-0.15, -0.1) is 0 Å². The fourth-order valence-electron chi connectivity index (χ4n) is 1.34. The number of halogens is 3. The van der Waals surface area contributed by atoms with E-state index in [0.717, 1.165) is 12.6 Å². The Bertz CT molecular complexity index is 356. The van der Waals surface area contributed by atoms with E-state index in [1.165, 1.54) is 18.2 Å². The van der Waals surface area contributed by atoms with E-state index in [0.29, 0.717) is 6.42 Å². The number of alkyl halides is 3. The topological polar surface area (TPSA) is 12.0 Å². The molecule has 0 aliphatic carbocycles. The van der Waals surface area contributed by atoms with Crippen LogP contribution in [0.5, 0.6) is 0 Å². The molecule has 0 heterocycles. The van der Waals surface area contributed by atoms with Crippen LogP contribution in [-0.2, 0) is 6.18 Å². The number of rotatable bonds is 4. The maximum Gasteiger partial charge on any atom is 0.416 e. The van der Waals surface area contributed by atoms with Crippen LogP contribution in [0.15, 0.2) is 30.3 Å². The Morgan fingerprint density at radius 1 is 1.25 bits per heavy atom. The van der Waals surface area contributed by atoms with Crippen molar-refractivity contribution in [3.63, 3.8) is 0 Å². The lowest BCUT2D eigenvalue weighted by Gasteiger charge is -2.09. The molecule has 0 aliphatic rings. The maximum absolute atomic E-state index is 12.6. The highest BCUT2D eigenvalue weighted by Gasteiger charge is 2.32. The van der Waals surface area contributed by atoms with Crippen molar-refractivity contribution in [1.29, 1.82) is 0 Å². The molecule has 0 aliphatic heterocycles. The molecule has 1 rings (SSSR count). The average Bonchev–Trinajstić information content (AvgIpc) is 2.24. The molecule has 0 aromatic heterocycles. The third-order valence-electron chi connectivity index (χ3n) is 2.12. The van der Waals surface area contributed by atoms with Gasteiger partial charge in [-0.25, -0.2) is 0 Å². The van der Waals surface area contributed by atoms with Gasteiger partial charge >= 0.3 is 6.18 Å². The molecule has 1 aromatic carbocycles. The Morgan fingerprint density at radius 3 is 2.56 bits per heavy atom. The fourth-order valence-corrected chi connectivity index (χ4v) is 1.34. The quantitative estimate of drug-likeness (QED) is 0.781. The van der Waals surface area contributed by atoms with Crippen molar-refractivity contribution < 1.29 is 13.2 Å². The van der Waals surface area contributed by atoms with E-state index in [1.54, 1.807) is 19.2 Å². The van der Waals surface area contributed by atoms with Crippen LogP contribution < -0.4 is 5.32 Å². The van der Waals surface area contributed by atoms with Gasteiger partial charge in [0.05, 0.1) is 5.56 Å². The standard InChI is InChI=1S/C12H14F3N/c1-16-9-5-4-7-10-6-2-3-8-11(10)12(13,14)15/h2-4,6-8,16H,5,9H2,1H3. The smallest absolute Gasteiger partial charge is 0.319 e. The molecule has 4 heteroatoms. The predicted octanol–water partition coefficient (Wildman–Crippen LogP) is 3.33. The van der Waals surface area contributed by atoms with Crippen molar-refractivity contribution in [2.75, 3.05) is 13.6 Å². The van der Waals surface area contributed by atoms with E-state index >= 15 is 0 Å². The van der Waals surface area contributed by atoms with Crippen LogP contribution in [0.1, 0.15) is 17.5 Å². The molecule has 1 aromatic rings. The fraction of sp³-hybridized carbons (Fsp3) is 0.333. The zero-order valence-electron chi connectivity index (χ0n) is 9.01. The van der Waals surface area contributed by atoms with E-state index in [9.17, 15) is 13.2 Å². The number of hydrogen-bond donors (Lipinski definition) is 1. The summed E-state index contributed by atoms with van der Waals surface area (Å²) in [6.07, 6.45) is -0.326. The van der Waals surface area contributed by atoms with Gasteiger partial charge in [0.1, 0.15) is 0 Å². The highest BCUT2D eigenvalue weighted by atomic mass is 19.4. The van der Waals surface area contributed by atoms with Gasteiger partial charge in [-0.2, -0.15) is 13.2 Å². The van der Waals surface area contributed by atoms with Crippen molar-refractivity contribution in [2.45, 2.75) is 12.6 Å². The van der Waals surface area contributed by atoms with E-state index in [4.69, 9.17) is 0 Å². The molecule has 1 N–H and O–H groups in total. The lowest BCUT2D eigenvalue weighted by Crippen LogP contribution is -2.07. The molecular weight excluding hydrogens is 215 g/mol. The summed E-state index contributed by atoms with van der Waals surface area (Å²) in [6, 6.07) is 5.57. The SMILES string of the molecule is CNCCC=Cc1ccccc1C(F)(F)F. The molecule has 0 fully saturated rings. The van der Waals surface area contributed by atoms with Crippen LogP contribution in [0, 0.1) is 0 Å². The van der Waals surface area contributed by atoms with Crippen LogP contribution in [0.25, 0.3) is 6.08 Å². The molecule has 0 spiro atoms. The Kier molecular flexibility index (Phi) is 4.55. The summed E-state index contributed by atoms with van der Waals surface area (Å²) in [6.45, 7) is 0.755. The van der Waals surface area contributed by atoms with Gasteiger partial charge in [0.2, 0.25) is 0 Å². The molecule has 0 radical (unpaired) electrons. The van der Waals surface area contributed by atoms with Gasteiger partial charge in [-0.05, 0) is 31.6 Å². The molecule has 16 heavy (non-hydrogen) atoms. The molecular formula is C12H14F3N. The summed E-state index contributed by atoms with van der Waals surface area (Å²) >= 11 is 0. The minimum atomic E-state index is -4.29. The number of benzene rings is 1. The summed E-state index contributed by atoms with van der Waals surface area (Å²) in [4.78, 5) is 0. The average molecular weight is 229 g/mol. The van der Waals surface area contributed by atoms with Crippen LogP contribution in [-0.4, -0.2) is 13.6 Å². The Hall–Kier alpha value is -1.29.